The summed E-state index contributed by atoms with van der Waals surface area (Å²) in [6.45, 7) is 1.39. The molecule has 0 aromatic rings. The van der Waals surface area contributed by atoms with Gasteiger partial charge in [0.15, 0.2) is 0 Å². The Labute approximate surface area is 104 Å². The van der Waals surface area contributed by atoms with Gasteiger partial charge in [0.25, 0.3) is 0 Å². The smallest absolute Gasteiger partial charge is 0.391 e. The molecule has 1 aliphatic rings. The number of ether oxygens (including phenoxy) is 2. The average Bonchev–Trinajstić information content (AvgIpc) is 3.05. The van der Waals surface area contributed by atoms with Crippen molar-refractivity contribution in [3.63, 3.8) is 0 Å². The summed E-state index contributed by atoms with van der Waals surface area (Å²) in [6, 6.07) is -0.420. The van der Waals surface area contributed by atoms with Gasteiger partial charge in [-0.25, -0.2) is 0 Å². The van der Waals surface area contributed by atoms with Gasteiger partial charge < -0.3 is 9.47 Å². The first-order valence-corrected chi connectivity index (χ1v) is 5.99. The van der Waals surface area contributed by atoms with E-state index in [2.05, 4.69) is 5.32 Å². The molecule has 4 nitrogen and oxygen atoms in total. The van der Waals surface area contributed by atoms with Crippen LogP contribution in [0.1, 0.15) is 26.2 Å². The third kappa shape index (κ3) is 6.80. The van der Waals surface area contributed by atoms with Gasteiger partial charge in [0.05, 0.1) is 26.2 Å². The third-order valence-corrected chi connectivity index (χ3v) is 2.40. The van der Waals surface area contributed by atoms with Gasteiger partial charge >= 0.3 is 12.1 Å². The van der Waals surface area contributed by atoms with Crippen LogP contribution >= 0.6 is 0 Å². The topological polar surface area (TPSA) is 47.6 Å². The number of halogens is 3. The summed E-state index contributed by atoms with van der Waals surface area (Å²) in [6.07, 6.45) is -3.30. The first kappa shape index (κ1) is 15.2. The molecule has 1 aliphatic carbocycles. The number of carbonyl (C=O) groups excluding carboxylic acids is 1. The Morgan fingerprint density at radius 3 is 2.61 bits per heavy atom. The molecule has 0 aromatic carbocycles. The fourth-order valence-corrected chi connectivity index (χ4v) is 1.35. The number of esters is 1. The molecular formula is C11H18F3NO3. The maximum absolute atomic E-state index is 11.9. The van der Waals surface area contributed by atoms with Gasteiger partial charge in [-0.15, -0.1) is 0 Å². The molecule has 1 atom stereocenters. The zero-order valence-electron chi connectivity index (χ0n) is 10.3. The average molecular weight is 269 g/mol. The van der Waals surface area contributed by atoms with Gasteiger partial charge in [-0.1, -0.05) is 0 Å². The molecule has 106 valence electrons. The molecule has 1 unspecified atom stereocenters. The van der Waals surface area contributed by atoms with Crippen LogP contribution in [0.5, 0.6) is 0 Å². The number of nitrogens with one attached hydrogen (secondary N) is 1. The van der Waals surface area contributed by atoms with Gasteiger partial charge in [0.1, 0.15) is 6.04 Å². The fraction of sp³-hybridized carbons (Fsp3) is 0.909. The Bertz CT molecular complexity index is 267. The lowest BCUT2D eigenvalue weighted by Crippen LogP contribution is -2.43. The number of hydrogen-bond acceptors (Lipinski definition) is 4. The first-order valence-electron chi connectivity index (χ1n) is 5.99. The van der Waals surface area contributed by atoms with E-state index in [1.807, 2.05) is 0 Å². The second kappa shape index (κ2) is 6.94. The van der Waals surface area contributed by atoms with Gasteiger partial charge in [-0.05, 0) is 19.8 Å². The van der Waals surface area contributed by atoms with E-state index in [4.69, 9.17) is 9.47 Å². The summed E-state index contributed by atoms with van der Waals surface area (Å²) < 4.78 is 45.4. The fourth-order valence-electron chi connectivity index (χ4n) is 1.35. The van der Waals surface area contributed by atoms with Crippen molar-refractivity contribution in [3.05, 3.63) is 0 Å². The molecule has 0 aromatic heterocycles. The Morgan fingerprint density at radius 1 is 1.44 bits per heavy atom. The van der Waals surface area contributed by atoms with Crippen LogP contribution in [0, 0.1) is 0 Å². The van der Waals surface area contributed by atoms with Crippen molar-refractivity contribution in [1.29, 1.82) is 0 Å². The lowest BCUT2D eigenvalue weighted by molar-refractivity contribution is -0.151. The van der Waals surface area contributed by atoms with Crippen molar-refractivity contribution in [1.82, 2.24) is 5.32 Å². The lowest BCUT2D eigenvalue weighted by atomic mass is 10.3. The predicted molar refractivity (Wildman–Crippen MR) is 58.1 cm³/mol. The summed E-state index contributed by atoms with van der Waals surface area (Å²) in [5.74, 6) is -0.476. The van der Waals surface area contributed by atoms with Crippen molar-refractivity contribution in [2.45, 2.75) is 44.4 Å². The van der Waals surface area contributed by atoms with E-state index in [0.717, 1.165) is 12.8 Å². The Morgan fingerprint density at radius 2 is 2.11 bits per heavy atom. The van der Waals surface area contributed by atoms with E-state index in [1.165, 1.54) is 0 Å². The maximum Gasteiger partial charge on any atom is 0.391 e. The number of alkyl halides is 3. The van der Waals surface area contributed by atoms with Crippen molar-refractivity contribution in [2.75, 3.05) is 19.8 Å². The Hall–Kier alpha value is -0.820. The second-order valence-electron chi connectivity index (χ2n) is 4.19. The van der Waals surface area contributed by atoms with Crippen LogP contribution in [0.4, 0.5) is 13.2 Å². The molecule has 0 radical (unpaired) electrons. The molecule has 0 aliphatic heterocycles. The van der Waals surface area contributed by atoms with Crippen LogP contribution in [-0.4, -0.2) is 44.0 Å². The van der Waals surface area contributed by atoms with E-state index in [0.29, 0.717) is 0 Å². The molecular weight excluding hydrogens is 251 g/mol. The highest BCUT2D eigenvalue weighted by molar-refractivity contribution is 5.76. The largest absolute Gasteiger partial charge is 0.465 e. The van der Waals surface area contributed by atoms with Gasteiger partial charge in [-0.3, -0.25) is 10.1 Å². The van der Waals surface area contributed by atoms with E-state index >= 15 is 0 Å². The molecule has 18 heavy (non-hydrogen) atoms. The summed E-state index contributed by atoms with van der Waals surface area (Å²) >= 11 is 0. The van der Waals surface area contributed by atoms with Crippen molar-refractivity contribution in [3.8, 4) is 0 Å². The predicted octanol–water partition coefficient (Wildman–Crippen LogP) is 1.64. The third-order valence-electron chi connectivity index (χ3n) is 2.40. The standard InChI is InChI=1S/C11H18F3NO3/c1-2-18-10(16)9(15-8-3-4-8)7-17-6-5-11(12,13)14/h8-9,15H,2-7H2,1H3. The lowest BCUT2D eigenvalue weighted by Gasteiger charge is -2.17. The molecule has 1 fully saturated rings. The van der Waals surface area contributed by atoms with Crippen LogP contribution in [-0.2, 0) is 14.3 Å². The quantitative estimate of drug-likeness (QED) is 0.537. The SMILES string of the molecule is CCOC(=O)C(COCCC(F)(F)F)NC1CC1. The van der Waals surface area contributed by atoms with Crippen LogP contribution in [0.15, 0.2) is 0 Å². The van der Waals surface area contributed by atoms with Gasteiger partial charge in [-0.2, -0.15) is 13.2 Å². The summed E-state index contributed by atoms with van der Waals surface area (Å²) in [4.78, 5) is 11.5. The molecule has 7 heteroatoms. The number of carbonyl (C=O) groups is 1. The molecule has 0 spiro atoms. The molecule has 0 bridgehead atoms. The molecule has 1 saturated carbocycles. The summed E-state index contributed by atoms with van der Waals surface area (Å²) in [5, 5.41) is 2.99. The first-order chi connectivity index (χ1) is 8.42. The zero-order valence-corrected chi connectivity index (χ0v) is 10.3. The monoisotopic (exact) mass is 269 g/mol. The van der Waals surface area contributed by atoms with Gasteiger partial charge in [0, 0.05) is 6.04 Å². The highest BCUT2D eigenvalue weighted by Crippen LogP contribution is 2.20. The minimum atomic E-state index is -4.23. The highest BCUT2D eigenvalue weighted by Gasteiger charge is 2.30. The molecule has 1 N–H and O–H groups in total. The van der Waals surface area contributed by atoms with E-state index < -0.39 is 31.2 Å². The van der Waals surface area contributed by atoms with E-state index in [1.54, 1.807) is 6.92 Å². The van der Waals surface area contributed by atoms with Crippen molar-refractivity contribution < 1.29 is 27.4 Å². The number of rotatable bonds is 8. The number of hydrogen-bond donors (Lipinski definition) is 1. The summed E-state index contributed by atoms with van der Waals surface area (Å²) in [5.41, 5.74) is 0. The van der Waals surface area contributed by atoms with Crippen LogP contribution in [0.25, 0.3) is 0 Å². The summed E-state index contributed by atoms with van der Waals surface area (Å²) in [7, 11) is 0. The maximum atomic E-state index is 11.9. The van der Waals surface area contributed by atoms with Crippen molar-refractivity contribution in [2.24, 2.45) is 0 Å². The van der Waals surface area contributed by atoms with E-state index in [-0.39, 0.29) is 19.3 Å². The second-order valence-corrected chi connectivity index (χ2v) is 4.19. The van der Waals surface area contributed by atoms with Crippen LogP contribution in [0.3, 0.4) is 0 Å². The molecule has 0 amide bonds. The van der Waals surface area contributed by atoms with Crippen LogP contribution < -0.4 is 5.32 Å². The Balaban J connectivity index is 2.24. The molecule has 0 saturated heterocycles. The minimum absolute atomic E-state index is 0.0919. The zero-order chi connectivity index (χ0) is 13.6. The van der Waals surface area contributed by atoms with E-state index in [9.17, 15) is 18.0 Å². The highest BCUT2D eigenvalue weighted by atomic mass is 19.4. The minimum Gasteiger partial charge on any atom is -0.465 e. The van der Waals surface area contributed by atoms with Gasteiger partial charge in [0.2, 0.25) is 0 Å². The Kier molecular flexibility index (Phi) is 5.87. The normalized spacial score (nSPS) is 17.6. The molecule has 0 heterocycles. The van der Waals surface area contributed by atoms with Crippen LogP contribution in [0.2, 0.25) is 0 Å². The van der Waals surface area contributed by atoms with Crippen molar-refractivity contribution >= 4 is 5.97 Å². The molecule has 1 rings (SSSR count).